The van der Waals surface area contributed by atoms with E-state index in [0.29, 0.717) is 12.3 Å². The van der Waals surface area contributed by atoms with Gasteiger partial charge in [-0.15, -0.1) is 5.10 Å². The van der Waals surface area contributed by atoms with Crippen LogP contribution in [0.1, 0.15) is 69.2 Å². The molecule has 0 amide bonds. The van der Waals surface area contributed by atoms with Crippen molar-refractivity contribution in [2.24, 2.45) is 5.92 Å². The molecule has 0 fully saturated rings. The van der Waals surface area contributed by atoms with Crippen molar-refractivity contribution in [3.63, 3.8) is 0 Å². The highest BCUT2D eigenvalue weighted by molar-refractivity contribution is 7.08. The summed E-state index contributed by atoms with van der Waals surface area (Å²) < 4.78 is 3.94. The van der Waals surface area contributed by atoms with Gasteiger partial charge in [0.1, 0.15) is 4.88 Å². The lowest BCUT2D eigenvalue weighted by Gasteiger charge is -2.17. The van der Waals surface area contributed by atoms with Crippen LogP contribution in [0.25, 0.3) is 0 Å². The number of aromatic nitrogens is 2. The molecule has 0 saturated carbocycles. The van der Waals surface area contributed by atoms with Crippen molar-refractivity contribution in [1.82, 2.24) is 9.59 Å². The maximum atomic E-state index is 12.2. The summed E-state index contributed by atoms with van der Waals surface area (Å²) in [5.41, 5.74) is 0.741. The first-order chi connectivity index (χ1) is 7.90. The molecule has 0 bridgehead atoms. The molecule has 0 N–H and O–H groups in total. The first-order valence-electron chi connectivity index (χ1n) is 6.26. The number of Topliss-reactive ketones (excluding diaryl/α,β-unsaturated/α-hetero) is 1. The molecule has 1 heterocycles. The fourth-order valence-corrected chi connectivity index (χ4v) is 2.62. The first kappa shape index (κ1) is 14.3. The molecule has 1 aromatic heterocycles. The highest BCUT2D eigenvalue weighted by Gasteiger charge is 2.26. The van der Waals surface area contributed by atoms with Gasteiger partial charge in [-0.3, -0.25) is 4.79 Å². The van der Waals surface area contributed by atoms with Crippen molar-refractivity contribution < 1.29 is 4.79 Å². The smallest absolute Gasteiger partial charge is 0.176 e. The van der Waals surface area contributed by atoms with E-state index in [9.17, 15) is 4.79 Å². The van der Waals surface area contributed by atoms with E-state index >= 15 is 0 Å². The molecule has 1 rings (SSSR count). The van der Waals surface area contributed by atoms with Gasteiger partial charge in [0.15, 0.2) is 5.78 Å². The molecule has 17 heavy (non-hydrogen) atoms. The predicted octanol–water partition coefficient (Wildman–Crippen LogP) is 3.84. The predicted molar refractivity (Wildman–Crippen MR) is 71.6 cm³/mol. The molecule has 0 spiro atoms. The molecule has 0 unspecified atom stereocenters. The second-order valence-electron chi connectivity index (χ2n) is 5.51. The molecule has 0 saturated heterocycles. The van der Waals surface area contributed by atoms with Crippen molar-refractivity contribution in [2.75, 3.05) is 0 Å². The van der Waals surface area contributed by atoms with E-state index in [-0.39, 0.29) is 11.2 Å². The Morgan fingerprint density at radius 3 is 2.35 bits per heavy atom. The second-order valence-corrected chi connectivity index (χ2v) is 6.26. The van der Waals surface area contributed by atoms with Crippen LogP contribution in [0.5, 0.6) is 0 Å². The summed E-state index contributed by atoms with van der Waals surface area (Å²) in [5, 5.41) is 4.12. The van der Waals surface area contributed by atoms with Crippen LogP contribution >= 0.6 is 11.5 Å². The summed E-state index contributed by atoms with van der Waals surface area (Å²) in [6, 6.07) is 0. The Balaban J connectivity index is 2.87. The fourth-order valence-electron chi connectivity index (χ4n) is 1.80. The number of hydrogen-bond donors (Lipinski definition) is 0. The number of carbonyl (C=O) groups is 1. The Morgan fingerprint density at radius 2 is 1.88 bits per heavy atom. The van der Waals surface area contributed by atoms with Crippen LogP contribution in [0, 0.1) is 5.92 Å². The molecule has 0 aliphatic rings. The van der Waals surface area contributed by atoms with Gasteiger partial charge in [-0.25, -0.2) is 0 Å². The lowest BCUT2D eigenvalue weighted by atomic mass is 9.88. The molecule has 0 aromatic carbocycles. The minimum Gasteiger partial charge on any atom is -0.293 e. The van der Waals surface area contributed by atoms with Gasteiger partial charge in [0.25, 0.3) is 0 Å². The summed E-state index contributed by atoms with van der Waals surface area (Å²) in [5.74, 6) is 0.691. The van der Waals surface area contributed by atoms with Crippen molar-refractivity contribution in [1.29, 1.82) is 0 Å². The summed E-state index contributed by atoms with van der Waals surface area (Å²) in [6.45, 7) is 10.5. The maximum absolute atomic E-state index is 12.2. The van der Waals surface area contributed by atoms with Crippen LogP contribution in [0.4, 0.5) is 0 Å². The van der Waals surface area contributed by atoms with Crippen LogP contribution < -0.4 is 0 Å². The molecule has 0 aliphatic carbocycles. The van der Waals surface area contributed by atoms with Crippen LogP contribution in [0.2, 0.25) is 0 Å². The summed E-state index contributed by atoms with van der Waals surface area (Å²) >= 11 is 1.24. The van der Waals surface area contributed by atoms with Gasteiger partial charge < -0.3 is 0 Å². The third-order valence-electron chi connectivity index (χ3n) is 3.08. The van der Waals surface area contributed by atoms with Gasteiger partial charge in [0, 0.05) is 11.8 Å². The van der Waals surface area contributed by atoms with Gasteiger partial charge in [0.05, 0.1) is 5.69 Å². The van der Waals surface area contributed by atoms with Gasteiger partial charge in [-0.05, 0) is 17.5 Å². The number of rotatable bonds is 5. The van der Waals surface area contributed by atoms with E-state index in [1.165, 1.54) is 11.5 Å². The Kier molecular flexibility index (Phi) is 4.80. The Hall–Kier alpha value is -0.770. The van der Waals surface area contributed by atoms with Crippen LogP contribution in [0.3, 0.4) is 0 Å². The quantitative estimate of drug-likeness (QED) is 0.750. The van der Waals surface area contributed by atoms with Crippen molar-refractivity contribution >= 4 is 17.3 Å². The van der Waals surface area contributed by atoms with E-state index in [4.69, 9.17) is 0 Å². The Labute approximate surface area is 108 Å². The van der Waals surface area contributed by atoms with Gasteiger partial charge >= 0.3 is 0 Å². The molecule has 1 aromatic rings. The van der Waals surface area contributed by atoms with E-state index in [1.54, 1.807) is 0 Å². The Morgan fingerprint density at radius 1 is 1.29 bits per heavy atom. The van der Waals surface area contributed by atoms with Crippen LogP contribution in [-0.2, 0) is 5.41 Å². The SMILES string of the molecule is CCC(CC)CC(=O)c1snnc1C(C)(C)C. The van der Waals surface area contributed by atoms with Crippen molar-refractivity contribution in [3.05, 3.63) is 10.6 Å². The van der Waals surface area contributed by atoms with Gasteiger partial charge in [-0.2, -0.15) is 0 Å². The fraction of sp³-hybridized carbons (Fsp3) is 0.769. The standard InChI is InChI=1S/C13H22N2OS/c1-6-9(7-2)8-10(16)11-12(13(3,4)5)14-15-17-11/h9H,6-8H2,1-5H3. The third-order valence-corrected chi connectivity index (χ3v) is 3.85. The maximum Gasteiger partial charge on any atom is 0.176 e. The number of ketones is 1. The molecule has 4 heteroatoms. The second kappa shape index (κ2) is 5.71. The lowest BCUT2D eigenvalue weighted by molar-refractivity contribution is 0.0960. The topological polar surface area (TPSA) is 42.9 Å². The minimum atomic E-state index is -0.105. The van der Waals surface area contributed by atoms with Crippen molar-refractivity contribution in [2.45, 2.75) is 59.3 Å². The minimum absolute atomic E-state index is 0.105. The van der Waals surface area contributed by atoms with Crippen LogP contribution in [-0.4, -0.2) is 15.4 Å². The van der Waals surface area contributed by atoms with E-state index in [2.05, 4.69) is 44.2 Å². The van der Waals surface area contributed by atoms with E-state index in [0.717, 1.165) is 23.4 Å². The van der Waals surface area contributed by atoms with Crippen molar-refractivity contribution in [3.8, 4) is 0 Å². The van der Waals surface area contributed by atoms with E-state index < -0.39 is 0 Å². The normalized spacial score (nSPS) is 12.1. The lowest BCUT2D eigenvalue weighted by Crippen LogP contribution is -2.17. The zero-order valence-electron chi connectivity index (χ0n) is 11.4. The molecular weight excluding hydrogens is 232 g/mol. The third kappa shape index (κ3) is 3.60. The summed E-state index contributed by atoms with van der Waals surface area (Å²) in [6.07, 6.45) is 2.73. The monoisotopic (exact) mass is 254 g/mol. The number of hydrogen-bond acceptors (Lipinski definition) is 4. The number of nitrogens with zero attached hydrogens (tertiary/aromatic N) is 2. The average molecular weight is 254 g/mol. The van der Waals surface area contributed by atoms with E-state index in [1.807, 2.05) is 0 Å². The zero-order chi connectivity index (χ0) is 13.1. The summed E-state index contributed by atoms with van der Waals surface area (Å²) in [4.78, 5) is 13.0. The summed E-state index contributed by atoms with van der Waals surface area (Å²) in [7, 11) is 0. The van der Waals surface area contributed by atoms with Crippen LogP contribution in [0.15, 0.2) is 0 Å². The van der Waals surface area contributed by atoms with Gasteiger partial charge in [0.2, 0.25) is 0 Å². The molecule has 0 aliphatic heterocycles. The Bertz CT molecular complexity index is 375. The average Bonchev–Trinajstić information content (AvgIpc) is 2.73. The number of carbonyl (C=O) groups excluding carboxylic acids is 1. The highest BCUT2D eigenvalue weighted by atomic mass is 32.1. The van der Waals surface area contributed by atoms with Gasteiger partial charge in [-0.1, -0.05) is 51.9 Å². The highest BCUT2D eigenvalue weighted by Crippen LogP contribution is 2.28. The molecule has 3 nitrogen and oxygen atoms in total. The first-order valence-corrected chi connectivity index (χ1v) is 7.03. The molecule has 96 valence electrons. The zero-order valence-corrected chi connectivity index (χ0v) is 12.2. The molecular formula is C13H22N2OS. The largest absolute Gasteiger partial charge is 0.293 e. The molecule has 0 radical (unpaired) electrons. The molecule has 0 atom stereocenters.